The number of fused-ring (bicyclic) bond motifs is 1. The molecule has 1 aromatic carbocycles. The van der Waals surface area contributed by atoms with Crippen LogP contribution in [0, 0.1) is 16.7 Å². The van der Waals surface area contributed by atoms with E-state index in [1.54, 1.807) is 6.20 Å². The number of rotatable bonds is 2. The summed E-state index contributed by atoms with van der Waals surface area (Å²) in [6.07, 6.45) is 4.00. The summed E-state index contributed by atoms with van der Waals surface area (Å²) in [7, 11) is 0. The lowest BCUT2D eigenvalue weighted by atomic mass is 9.69. The maximum atomic E-state index is 12.1. The first kappa shape index (κ1) is 11.7. The highest BCUT2D eigenvalue weighted by atomic mass is 16.2. The topological polar surface area (TPSA) is 65.8 Å². The summed E-state index contributed by atoms with van der Waals surface area (Å²) in [5.41, 5.74) is 0.787. The molecule has 1 heterocycles. The van der Waals surface area contributed by atoms with Crippen LogP contribution in [0.4, 0.5) is 5.69 Å². The van der Waals surface area contributed by atoms with Crippen LogP contribution in [-0.4, -0.2) is 10.9 Å². The fourth-order valence-corrected chi connectivity index (χ4v) is 2.32. The standard InChI is InChI=1S/C15H13N3O/c16-10-15(6-2-7-15)14(19)18-12-4-5-13-11(9-12)3-1-8-17-13/h1,3-5,8-9H,2,6-7H2,(H,18,19). The Hall–Kier alpha value is -2.41. The Kier molecular flexibility index (Phi) is 2.68. The first-order valence-electron chi connectivity index (χ1n) is 6.31. The van der Waals surface area contributed by atoms with E-state index in [9.17, 15) is 4.79 Å². The molecule has 0 aliphatic heterocycles. The summed E-state index contributed by atoms with van der Waals surface area (Å²) in [6, 6.07) is 11.5. The molecule has 1 N–H and O–H groups in total. The van der Waals surface area contributed by atoms with Crippen molar-refractivity contribution in [1.29, 1.82) is 5.26 Å². The summed E-state index contributed by atoms with van der Waals surface area (Å²) in [4.78, 5) is 16.4. The Morgan fingerprint density at radius 2 is 2.21 bits per heavy atom. The molecule has 0 bridgehead atoms. The number of carbonyl (C=O) groups is 1. The number of benzene rings is 1. The summed E-state index contributed by atoms with van der Waals surface area (Å²) < 4.78 is 0. The van der Waals surface area contributed by atoms with Gasteiger partial charge in [0.05, 0.1) is 11.6 Å². The van der Waals surface area contributed by atoms with Gasteiger partial charge >= 0.3 is 0 Å². The van der Waals surface area contributed by atoms with Crippen molar-refractivity contribution in [3.63, 3.8) is 0 Å². The van der Waals surface area contributed by atoms with Crippen LogP contribution in [0.25, 0.3) is 10.9 Å². The average molecular weight is 251 g/mol. The molecular weight excluding hydrogens is 238 g/mol. The zero-order valence-electron chi connectivity index (χ0n) is 10.4. The van der Waals surface area contributed by atoms with Gasteiger partial charge in [-0.15, -0.1) is 0 Å². The SMILES string of the molecule is N#CC1(C(=O)Nc2ccc3ncccc3c2)CCC1. The molecule has 4 heteroatoms. The number of nitriles is 1. The van der Waals surface area contributed by atoms with E-state index in [1.807, 2.05) is 30.3 Å². The fourth-order valence-electron chi connectivity index (χ4n) is 2.32. The van der Waals surface area contributed by atoms with Crippen molar-refractivity contribution in [2.24, 2.45) is 5.41 Å². The number of hydrogen-bond donors (Lipinski definition) is 1. The van der Waals surface area contributed by atoms with Crippen molar-refractivity contribution in [1.82, 2.24) is 4.98 Å². The molecule has 19 heavy (non-hydrogen) atoms. The maximum Gasteiger partial charge on any atom is 0.244 e. The molecule has 1 aliphatic rings. The molecular formula is C15H13N3O. The van der Waals surface area contributed by atoms with Crippen molar-refractivity contribution < 1.29 is 4.79 Å². The smallest absolute Gasteiger partial charge is 0.244 e. The number of nitrogens with zero attached hydrogens (tertiary/aromatic N) is 2. The van der Waals surface area contributed by atoms with Gasteiger partial charge in [0.15, 0.2) is 0 Å². The van der Waals surface area contributed by atoms with E-state index < -0.39 is 5.41 Å². The van der Waals surface area contributed by atoms with Crippen molar-refractivity contribution in [2.45, 2.75) is 19.3 Å². The van der Waals surface area contributed by atoms with Gasteiger partial charge in [0.2, 0.25) is 5.91 Å². The molecule has 0 unspecified atom stereocenters. The van der Waals surface area contributed by atoms with Gasteiger partial charge in [0.1, 0.15) is 5.41 Å². The van der Waals surface area contributed by atoms with Crippen LogP contribution in [0.2, 0.25) is 0 Å². The minimum absolute atomic E-state index is 0.190. The normalized spacial score (nSPS) is 16.4. The highest BCUT2D eigenvalue weighted by Crippen LogP contribution is 2.41. The molecule has 1 aromatic heterocycles. The first-order chi connectivity index (χ1) is 9.23. The largest absolute Gasteiger partial charge is 0.325 e. The Morgan fingerprint density at radius 3 is 2.89 bits per heavy atom. The predicted octanol–water partition coefficient (Wildman–Crippen LogP) is 2.87. The van der Waals surface area contributed by atoms with E-state index in [2.05, 4.69) is 16.4 Å². The Balaban J connectivity index is 1.86. The third kappa shape index (κ3) is 1.93. The Morgan fingerprint density at radius 1 is 1.37 bits per heavy atom. The van der Waals surface area contributed by atoms with Crippen molar-refractivity contribution >= 4 is 22.5 Å². The minimum atomic E-state index is -0.816. The number of amides is 1. The van der Waals surface area contributed by atoms with E-state index in [1.165, 1.54) is 0 Å². The second-order valence-electron chi connectivity index (χ2n) is 4.91. The monoisotopic (exact) mass is 251 g/mol. The second-order valence-corrected chi connectivity index (χ2v) is 4.91. The van der Waals surface area contributed by atoms with Crippen LogP contribution in [-0.2, 0) is 4.79 Å². The zero-order valence-corrected chi connectivity index (χ0v) is 10.4. The molecule has 1 amide bonds. The third-order valence-corrected chi connectivity index (χ3v) is 3.72. The molecule has 0 radical (unpaired) electrons. The van der Waals surface area contributed by atoms with Crippen LogP contribution < -0.4 is 5.32 Å². The number of nitrogens with one attached hydrogen (secondary N) is 1. The lowest BCUT2D eigenvalue weighted by molar-refractivity contribution is -0.126. The number of hydrogen-bond acceptors (Lipinski definition) is 3. The quantitative estimate of drug-likeness (QED) is 0.892. The molecule has 1 saturated carbocycles. The summed E-state index contributed by atoms with van der Waals surface area (Å²) >= 11 is 0. The summed E-state index contributed by atoms with van der Waals surface area (Å²) in [5, 5.41) is 12.9. The molecule has 0 saturated heterocycles. The lowest BCUT2D eigenvalue weighted by Crippen LogP contribution is -2.40. The summed E-state index contributed by atoms with van der Waals surface area (Å²) in [5.74, 6) is -0.190. The average Bonchev–Trinajstić information content (AvgIpc) is 2.38. The summed E-state index contributed by atoms with van der Waals surface area (Å²) in [6.45, 7) is 0. The molecule has 0 spiro atoms. The van der Waals surface area contributed by atoms with Gasteiger partial charge in [-0.05, 0) is 43.5 Å². The highest BCUT2D eigenvalue weighted by Gasteiger charge is 2.44. The molecule has 1 aliphatic carbocycles. The van der Waals surface area contributed by atoms with Gasteiger partial charge < -0.3 is 5.32 Å². The fraction of sp³-hybridized carbons (Fsp3) is 0.267. The molecule has 4 nitrogen and oxygen atoms in total. The maximum absolute atomic E-state index is 12.1. The van der Waals surface area contributed by atoms with Gasteiger partial charge in [-0.2, -0.15) is 5.26 Å². The minimum Gasteiger partial charge on any atom is -0.325 e. The van der Waals surface area contributed by atoms with Gasteiger partial charge in [-0.1, -0.05) is 6.07 Å². The lowest BCUT2D eigenvalue weighted by Gasteiger charge is -2.33. The number of carbonyl (C=O) groups excluding carboxylic acids is 1. The zero-order chi connectivity index (χ0) is 13.3. The van der Waals surface area contributed by atoms with Gasteiger partial charge in [-0.3, -0.25) is 9.78 Å². The van der Waals surface area contributed by atoms with E-state index in [0.717, 1.165) is 17.3 Å². The highest BCUT2D eigenvalue weighted by molar-refractivity contribution is 5.99. The number of aromatic nitrogens is 1. The molecule has 0 atom stereocenters. The first-order valence-corrected chi connectivity index (χ1v) is 6.31. The second kappa shape index (κ2) is 4.36. The van der Waals surface area contributed by atoms with Crippen LogP contribution >= 0.6 is 0 Å². The predicted molar refractivity (Wildman–Crippen MR) is 72.3 cm³/mol. The van der Waals surface area contributed by atoms with Gasteiger partial charge in [-0.25, -0.2) is 0 Å². The van der Waals surface area contributed by atoms with Crippen LogP contribution in [0.5, 0.6) is 0 Å². The van der Waals surface area contributed by atoms with Crippen molar-refractivity contribution in [3.8, 4) is 6.07 Å². The van der Waals surface area contributed by atoms with Crippen LogP contribution in [0.1, 0.15) is 19.3 Å². The molecule has 3 rings (SSSR count). The van der Waals surface area contributed by atoms with Crippen LogP contribution in [0.3, 0.4) is 0 Å². The third-order valence-electron chi connectivity index (χ3n) is 3.72. The van der Waals surface area contributed by atoms with E-state index >= 15 is 0 Å². The Labute approximate surface area is 111 Å². The van der Waals surface area contributed by atoms with E-state index in [4.69, 9.17) is 5.26 Å². The van der Waals surface area contributed by atoms with Gasteiger partial charge in [0.25, 0.3) is 0 Å². The van der Waals surface area contributed by atoms with Crippen molar-refractivity contribution in [2.75, 3.05) is 5.32 Å². The van der Waals surface area contributed by atoms with Crippen LogP contribution in [0.15, 0.2) is 36.5 Å². The molecule has 2 aromatic rings. The van der Waals surface area contributed by atoms with Gasteiger partial charge in [0, 0.05) is 17.3 Å². The van der Waals surface area contributed by atoms with E-state index in [-0.39, 0.29) is 5.91 Å². The number of pyridine rings is 1. The molecule has 1 fully saturated rings. The number of anilines is 1. The Bertz CT molecular complexity index is 683. The van der Waals surface area contributed by atoms with Crippen molar-refractivity contribution in [3.05, 3.63) is 36.5 Å². The van der Waals surface area contributed by atoms with E-state index in [0.29, 0.717) is 18.5 Å². The molecule has 94 valence electrons.